The summed E-state index contributed by atoms with van der Waals surface area (Å²) in [4.78, 5) is 16.4. The standard InChI is InChI=1S/C19H22FN3O3S/c1-19(2,3)23-27(25,26)14-8-9-17(21-11-14)22-18(24)16-10-15(16)12-4-6-13(20)7-5-12/h4-9,11,15-16,23H,10H2,1-3H3,(H,21,22,24)/t15-,16+/m0/s1. The van der Waals surface area contributed by atoms with E-state index in [9.17, 15) is 17.6 Å². The molecule has 1 aromatic heterocycles. The van der Waals surface area contributed by atoms with E-state index in [1.54, 1.807) is 32.9 Å². The highest BCUT2D eigenvalue weighted by Gasteiger charge is 2.44. The highest BCUT2D eigenvalue weighted by Crippen LogP contribution is 2.47. The Kier molecular flexibility index (Phi) is 5.05. The number of carbonyl (C=O) groups is 1. The highest BCUT2D eigenvalue weighted by molar-refractivity contribution is 7.89. The molecule has 1 aliphatic carbocycles. The van der Waals surface area contributed by atoms with Crippen LogP contribution in [0.15, 0.2) is 47.5 Å². The number of anilines is 1. The minimum Gasteiger partial charge on any atom is -0.310 e. The zero-order valence-electron chi connectivity index (χ0n) is 15.4. The summed E-state index contributed by atoms with van der Waals surface area (Å²) >= 11 is 0. The number of nitrogens with zero attached hydrogens (tertiary/aromatic N) is 1. The fourth-order valence-corrected chi connectivity index (χ4v) is 4.22. The number of benzene rings is 1. The zero-order chi connectivity index (χ0) is 19.8. The Balaban J connectivity index is 1.62. The molecule has 3 rings (SSSR count). The summed E-state index contributed by atoms with van der Waals surface area (Å²) in [5.74, 6) is -0.315. The first kappa shape index (κ1) is 19.4. The van der Waals surface area contributed by atoms with E-state index in [0.29, 0.717) is 12.2 Å². The van der Waals surface area contributed by atoms with Crippen molar-refractivity contribution in [3.63, 3.8) is 0 Å². The number of pyridine rings is 1. The molecule has 0 radical (unpaired) electrons. The topological polar surface area (TPSA) is 88.2 Å². The first-order valence-corrected chi connectivity index (χ1v) is 10.1. The fourth-order valence-electron chi connectivity index (χ4n) is 2.86. The molecule has 2 N–H and O–H groups in total. The quantitative estimate of drug-likeness (QED) is 0.820. The Morgan fingerprint density at radius 2 is 1.81 bits per heavy atom. The number of rotatable bonds is 5. The van der Waals surface area contributed by atoms with Gasteiger partial charge in [0.2, 0.25) is 15.9 Å². The predicted octanol–water partition coefficient (Wildman–Crippen LogP) is 3.04. The zero-order valence-corrected chi connectivity index (χ0v) is 16.2. The Labute approximate surface area is 158 Å². The van der Waals surface area contributed by atoms with E-state index in [1.807, 2.05) is 0 Å². The molecule has 1 fully saturated rings. The Bertz CT molecular complexity index is 936. The van der Waals surface area contributed by atoms with Gasteiger partial charge in [0.05, 0.1) is 0 Å². The number of halogens is 1. The molecule has 0 aliphatic heterocycles. The SMILES string of the molecule is CC(C)(C)NS(=O)(=O)c1ccc(NC(=O)[C@@H]2C[C@H]2c2ccc(F)cc2)nc1. The van der Waals surface area contributed by atoms with Crippen molar-refractivity contribution >= 4 is 21.7 Å². The lowest BCUT2D eigenvalue weighted by molar-refractivity contribution is -0.117. The van der Waals surface area contributed by atoms with Crippen LogP contribution in [0.5, 0.6) is 0 Å². The fraction of sp³-hybridized carbons (Fsp3) is 0.368. The third-order valence-electron chi connectivity index (χ3n) is 4.16. The maximum Gasteiger partial charge on any atom is 0.242 e. The van der Waals surface area contributed by atoms with Crippen molar-refractivity contribution in [2.75, 3.05) is 5.32 Å². The van der Waals surface area contributed by atoms with E-state index in [1.165, 1.54) is 30.5 Å². The van der Waals surface area contributed by atoms with Crippen LogP contribution in [0, 0.1) is 11.7 Å². The summed E-state index contributed by atoms with van der Waals surface area (Å²) in [6.07, 6.45) is 1.91. The minimum atomic E-state index is -3.67. The van der Waals surface area contributed by atoms with E-state index < -0.39 is 15.6 Å². The molecule has 0 unspecified atom stereocenters. The lowest BCUT2D eigenvalue weighted by Crippen LogP contribution is -2.40. The average Bonchev–Trinajstić information content (AvgIpc) is 3.34. The summed E-state index contributed by atoms with van der Waals surface area (Å²) in [6, 6.07) is 9.01. The van der Waals surface area contributed by atoms with Crippen molar-refractivity contribution in [1.29, 1.82) is 0 Å². The van der Waals surface area contributed by atoms with E-state index in [2.05, 4.69) is 15.0 Å². The first-order valence-electron chi connectivity index (χ1n) is 8.61. The van der Waals surface area contributed by atoms with Crippen molar-refractivity contribution in [2.24, 2.45) is 5.92 Å². The van der Waals surface area contributed by atoms with E-state index >= 15 is 0 Å². The van der Waals surface area contributed by atoms with E-state index in [4.69, 9.17) is 0 Å². The van der Waals surface area contributed by atoms with Gasteiger partial charge in [0.25, 0.3) is 0 Å². The normalized spacial score (nSPS) is 19.6. The van der Waals surface area contributed by atoms with Crippen LogP contribution in [-0.4, -0.2) is 24.8 Å². The number of carbonyl (C=O) groups excluding carboxylic acids is 1. The van der Waals surface area contributed by atoms with Crippen LogP contribution >= 0.6 is 0 Å². The number of hydrogen-bond acceptors (Lipinski definition) is 4. The number of hydrogen-bond donors (Lipinski definition) is 2. The van der Waals surface area contributed by atoms with Crippen molar-refractivity contribution in [3.05, 3.63) is 54.0 Å². The maximum absolute atomic E-state index is 13.0. The summed E-state index contributed by atoms with van der Waals surface area (Å²) < 4.78 is 40.0. The van der Waals surface area contributed by atoms with Crippen LogP contribution in [0.3, 0.4) is 0 Å². The lowest BCUT2D eigenvalue weighted by Gasteiger charge is -2.20. The van der Waals surface area contributed by atoms with Gasteiger partial charge in [0.15, 0.2) is 0 Å². The first-order chi connectivity index (χ1) is 12.5. The Hall–Kier alpha value is -2.32. The number of nitrogens with one attached hydrogen (secondary N) is 2. The van der Waals surface area contributed by atoms with Crippen LogP contribution in [-0.2, 0) is 14.8 Å². The molecule has 6 nitrogen and oxygen atoms in total. The molecule has 2 atom stereocenters. The maximum atomic E-state index is 13.0. The molecular weight excluding hydrogens is 369 g/mol. The van der Waals surface area contributed by atoms with Gasteiger partial charge in [-0.1, -0.05) is 12.1 Å². The summed E-state index contributed by atoms with van der Waals surface area (Å²) in [6.45, 7) is 5.25. The highest BCUT2D eigenvalue weighted by atomic mass is 32.2. The summed E-state index contributed by atoms with van der Waals surface area (Å²) in [7, 11) is -3.67. The molecule has 0 bridgehead atoms. The smallest absolute Gasteiger partial charge is 0.242 e. The summed E-state index contributed by atoms with van der Waals surface area (Å²) in [5.41, 5.74) is 0.326. The molecule has 1 heterocycles. The third kappa shape index (κ3) is 4.90. The van der Waals surface area contributed by atoms with Crippen LogP contribution in [0.1, 0.15) is 38.7 Å². The molecule has 0 saturated heterocycles. The second-order valence-electron chi connectivity index (χ2n) is 7.72. The van der Waals surface area contributed by atoms with Gasteiger partial charge in [-0.05, 0) is 62.9 Å². The van der Waals surface area contributed by atoms with Gasteiger partial charge in [-0.25, -0.2) is 22.5 Å². The molecular formula is C19H22FN3O3S. The second kappa shape index (κ2) is 7.01. The van der Waals surface area contributed by atoms with Crippen LogP contribution in [0.25, 0.3) is 0 Å². The van der Waals surface area contributed by atoms with Gasteiger partial charge in [-0.15, -0.1) is 0 Å². The van der Waals surface area contributed by atoms with Crippen molar-refractivity contribution in [1.82, 2.24) is 9.71 Å². The van der Waals surface area contributed by atoms with Gasteiger partial charge in [0.1, 0.15) is 16.5 Å². The molecule has 27 heavy (non-hydrogen) atoms. The van der Waals surface area contributed by atoms with Gasteiger partial charge in [-0.3, -0.25) is 4.79 Å². The molecule has 8 heteroatoms. The molecule has 1 aliphatic rings. The van der Waals surface area contributed by atoms with Gasteiger partial charge >= 0.3 is 0 Å². The molecule has 1 amide bonds. The predicted molar refractivity (Wildman–Crippen MR) is 100 cm³/mol. The molecule has 144 valence electrons. The van der Waals surface area contributed by atoms with E-state index in [0.717, 1.165) is 5.56 Å². The van der Waals surface area contributed by atoms with Gasteiger partial charge in [0, 0.05) is 17.7 Å². The third-order valence-corrected chi connectivity index (χ3v) is 5.91. The number of sulfonamides is 1. The van der Waals surface area contributed by atoms with Gasteiger partial charge in [-0.2, -0.15) is 0 Å². The number of aromatic nitrogens is 1. The minimum absolute atomic E-state index is 0.0334. The van der Waals surface area contributed by atoms with Crippen molar-refractivity contribution in [3.8, 4) is 0 Å². The average molecular weight is 391 g/mol. The van der Waals surface area contributed by atoms with Gasteiger partial charge < -0.3 is 5.32 Å². The number of amides is 1. The summed E-state index contributed by atoms with van der Waals surface area (Å²) in [5, 5.41) is 2.70. The Morgan fingerprint density at radius 1 is 1.15 bits per heavy atom. The van der Waals surface area contributed by atoms with Crippen LogP contribution in [0.2, 0.25) is 0 Å². The Morgan fingerprint density at radius 3 is 2.37 bits per heavy atom. The molecule has 2 aromatic rings. The van der Waals surface area contributed by atoms with Crippen LogP contribution < -0.4 is 10.0 Å². The molecule has 1 saturated carbocycles. The second-order valence-corrected chi connectivity index (χ2v) is 9.41. The molecule has 1 aromatic carbocycles. The van der Waals surface area contributed by atoms with Crippen molar-refractivity contribution < 1.29 is 17.6 Å². The monoisotopic (exact) mass is 391 g/mol. The lowest BCUT2D eigenvalue weighted by atomic mass is 10.1. The van der Waals surface area contributed by atoms with Crippen LogP contribution in [0.4, 0.5) is 10.2 Å². The molecule has 0 spiro atoms. The largest absolute Gasteiger partial charge is 0.310 e. The van der Waals surface area contributed by atoms with Crippen molar-refractivity contribution in [2.45, 2.75) is 43.5 Å². The van der Waals surface area contributed by atoms with E-state index in [-0.39, 0.29) is 28.5 Å².